The van der Waals surface area contributed by atoms with Crippen LogP contribution in [0.5, 0.6) is 0 Å². The van der Waals surface area contributed by atoms with Crippen LogP contribution >= 0.6 is 11.8 Å². The molecular formula is C13H11FO3S. The van der Waals surface area contributed by atoms with Crippen LogP contribution in [0.15, 0.2) is 39.8 Å². The fourth-order valence-electron chi connectivity index (χ4n) is 1.50. The predicted octanol–water partition coefficient (Wildman–Crippen LogP) is 3.72. The summed E-state index contributed by atoms with van der Waals surface area (Å²) in [7, 11) is 0. The number of furan rings is 1. The monoisotopic (exact) mass is 266 g/mol. The zero-order valence-electron chi connectivity index (χ0n) is 9.64. The summed E-state index contributed by atoms with van der Waals surface area (Å²) >= 11 is 1.41. The van der Waals surface area contributed by atoms with Gasteiger partial charge in [-0.05, 0) is 36.8 Å². The van der Waals surface area contributed by atoms with Crippen LogP contribution in [-0.4, -0.2) is 11.1 Å². The lowest BCUT2D eigenvalue weighted by Gasteiger charge is -2.04. The van der Waals surface area contributed by atoms with Crippen LogP contribution in [0, 0.1) is 12.7 Å². The molecule has 5 heteroatoms. The van der Waals surface area contributed by atoms with Crippen LogP contribution in [0.4, 0.5) is 4.39 Å². The van der Waals surface area contributed by atoms with Crippen molar-refractivity contribution >= 4 is 17.7 Å². The van der Waals surface area contributed by atoms with E-state index in [1.807, 2.05) is 6.92 Å². The Labute approximate surface area is 108 Å². The Morgan fingerprint density at radius 2 is 2.22 bits per heavy atom. The van der Waals surface area contributed by atoms with E-state index in [1.54, 1.807) is 12.3 Å². The van der Waals surface area contributed by atoms with Gasteiger partial charge >= 0.3 is 5.97 Å². The molecular weight excluding hydrogens is 255 g/mol. The highest BCUT2D eigenvalue weighted by atomic mass is 32.2. The molecule has 2 aromatic rings. The molecule has 0 amide bonds. The minimum atomic E-state index is -1.05. The Morgan fingerprint density at radius 3 is 2.83 bits per heavy atom. The lowest BCUT2D eigenvalue weighted by Crippen LogP contribution is -1.99. The highest BCUT2D eigenvalue weighted by molar-refractivity contribution is 7.98. The fraction of sp³-hybridized carbons (Fsp3) is 0.154. The van der Waals surface area contributed by atoms with E-state index in [1.165, 1.54) is 30.0 Å². The number of carbonyl (C=O) groups is 1. The number of halogens is 1. The second kappa shape index (κ2) is 5.27. The molecule has 2 rings (SSSR count). The summed E-state index contributed by atoms with van der Waals surface area (Å²) in [5.74, 6) is -0.308. The van der Waals surface area contributed by atoms with Crippen LogP contribution < -0.4 is 0 Å². The summed E-state index contributed by atoms with van der Waals surface area (Å²) < 4.78 is 18.7. The number of carboxylic acid groups (broad SMARTS) is 1. The molecule has 1 aromatic heterocycles. The van der Waals surface area contributed by atoms with Crippen molar-refractivity contribution in [2.45, 2.75) is 17.6 Å². The number of rotatable bonds is 4. The van der Waals surface area contributed by atoms with E-state index in [0.717, 1.165) is 10.7 Å². The third-order valence-corrected chi connectivity index (χ3v) is 3.68. The average molecular weight is 266 g/mol. The zero-order valence-corrected chi connectivity index (χ0v) is 10.5. The molecule has 0 atom stereocenters. The topological polar surface area (TPSA) is 50.4 Å². The van der Waals surface area contributed by atoms with Crippen molar-refractivity contribution in [2.75, 3.05) is 0 Å². The molecule has 1 N–H and O–H groups in total. The molecule has 0 aliphatic carbocycles. The first-order valence-corrected chi connectivity index (χ1v) is 6.25. The Bertz CT molecular complexity index is 577. The highest BCUT2D eigenvalue weighted by Gasteiger charge is 2.10. The van der Waals surface area contributed by atoms with Crippen LogP contribution in [-0.2, 0) is 5.75 Å². The fourth-order valence-corrected chi connectivity index (χ4v) is 2.43. The maximum Gasteiger partial charge on any atom is 0.335 e. The third-order valence-electron chi connectivity index (χ3n) is 2.49. The lowest BCUT2D eigenvalue weighted by molar-refractivity contribution is 0.0696. The number of hydrogen-bond acceptors (Lipinski definition) is 3. The van der Waals surface area contributed by atoms with Crippen molar-refractivity contribution in [3.8, 4) is 0 Å². The van der Waals surface area contributed by atoms with E-state index in [2.05, 4.69) is 0 Å². The molecule has 0 unspecified atom stereocenters. The first kappa shape index (κ1) is 12.7. The molecule has 0 saturated heterocycles. The maximum atomic E-state index is 13.5. The van der Waals surface area contributed by atoms with Crippen molar-refractivity contribution in [3.05, 3.63) is 53.2 Å². The van der Waals surface area contributed by atoms with Gasteiger partial charge in [0, 0.05) is 10.6 Å². The Hall–Kier alpha value is -1.75. The Morgan fingerprint density at radius 1 is 1.44 bits per heavy atom. The number of hydrogen-bond donors (Lipinski definition) is 1. The molecule has 0 saturated carbocycles. The van der Waals surface area contributed by atoms with E-state index in [4.69, 9.17) is 9.52 Å². The number of aryl methyl sites for hydroxylation is 1. The number of carboxylic acids is 1. The Balaban J connectivity index is 2.16. The second-order valence-corrected chi connectivity index (χ2v) is 4.76. The van der Waals surface area contributed by atoms with Crippen molar-refractivity contribution in [2.24, 2.45) is 0 Å². The van der Waals surface area contributed by atoms with Crippen molar-refractivity contribution in [3.63, 3.8) is 0 Å². The van der Waals surface area contributed by atoms with Crippen LogP contribution in [0.1, 0.15) is 21.7 Å². The molecule has 0 spiro atoms. The smallest absolute Gasteiger partial charge is 0.335 e. The van der Waals surface area contributed by atoms with Gasteiger partial charge in [0.15, 0.2) is 0 Å². The van der Waals surface area contributed by atoms with Gasteiger partial charge in [-0.2, -0.15) is 0 Å². The predicted molar refractivity (Wildman–Crippen MR) is 66.4 cm³/mol. The van der Waals surface area contributed by atoms with Crippen molar-refractivity contribution in [1.29, 1.82) is 0 Å². The van der Waals surface area contributed by atoms with Crippen molar-refractivity contribution in [1.82, 2.24) is 0 Å². The van der Waals surface area contributed by atoms with E-state index in [0.29, 0.717) is 11.3 Å². The van der Waals surface area contributed by atoms with E-state index in [-0.39, 0.29) is 5.56 Å². The average Bonchev–Trinajstić information content (AvgIpc) is 2.73. The van der Waals surface area contributed by atoms with E-state index >= 15 is 0 Å². The third kappa shape index (κ3) is 2.73. The highest BCUT2D eigenvalue weighted by Crippen LogP contribution is 2.27. The van der Waals surface area contributed by atoms with Gasteiger partial charge in [0.2, 0.25) is 0 Å². The first-order valence-electron chi connectivity index (χ1n) is 5.26. The Kier molecular flexibility index (Phi) is 3.72. The van der Waals surface area contributed by atoms with Gasteiger partial charge in [-0.3, -0.25) is 0 Å². The molecule has 0 aliphatic heterocycles. The van der Waals surface area contributed by atoms with Gasteiger partial charge in [0.25, 0.3) is 0 Å². The quantitative estimate of drug-likeness (QED) is 0.857. The lowest BCUT2D eigenvalue weighted by atomic mass is 10.1. The van der Waals surface area contributed by atoms with E-state index in [9.17, 15) is 9.18 Å². The van der Waals surface area contributed by atoms with Gasteiger partial charge in [-0.15, -0.1) is 11.8 Å². The molecule has 1 aromatic carbocycles. The summed E-state index contributed by atoms with van der Waals surface area (Å²) in [6.45, 7) is 1.83. The summed E-state index contributed by atoms with van der Waals surface area (Å²) in [6.07, 6.45) is 1.57. The molecule has 94 valence electrons. The zero-order chi connectivity index (χ0) is 13.1. The standard InChI is InChI=1S/C13H11FO3S/c1-8-12(4-5-17-8)18-7-10-6-9(13(15)16)2-3-11(10)14/h2-6H,7H2,1H3,(H,15,16). The molecule has 18 heavy (non-hydrogen) atoms. The molecule has 0 bridgehead atoms. The molecule has 0 fully saturated rings. The maximum absolute atomic E-state index is 13.5. The van der Waals surface area contributed by atoms with Gasteiger partial charge in [-0.25, -0.2) is 9.18 Å². The number of benzene rings is 1. The molecule has 3 nitrogen and oxygen atoms in total. The van der Waals surface area contributed by atoms with E-state index < -0.39 is 11.8 Å². The number of thioether (sulfide) groups is 1. The summed E-state index contributed by atoms with van der Waals surface area (Å²) in [5.41, 5.74) is 0.469. The number of aromatic carboxylic acids is 1. The van der Waals surface area contributed by atoms with Crippen LogP contribution in [0.25, 0.3) is 0 Å². The minimum Gasteiger partial charge on any atom is -0.478 e. The first-order chi connectivity index (χ1) is 8.58. The summed E-state index contributed by atoms with van der Waals surface area (Å²) in [6, 6.07) is 5.61. The molecule has 0 aliphatic rings. The summed E-state index contributed by atoms with van der Waals surface area (Å²) in [4.78, 5) is 11.7. The van der Waals surface area contributed by atoms with Gasteiger partial charge in [0.05, 0.1) is 11.8 Å². The normalized spacial score (nSPS) is 10.6. The van der Waals surface area contributed by atoms with Gasteiger partial charge in [-0.1, -0.05) is 0 Å². The summed E-state index contributed by atoms with van der Waals surface area (Å²) in [5, 5.41) is 8.85. The minimum absolute atomic E-state index is 0.0934. The molecule has 0 radical (unpaired) electrons. The largest absolute Gasteiger partial charge is 0.478 e. The van der Waals surface area contributed by atoms with Gasteiger partial charge < -0.3 is 9.52 Å². The van der Waals surface area contributed by atoms with Gasteiger partial charge in [0.1, 0.15) is 11.6 Å². The van der Waals surface area contributed by atoms with Crippen LogP contribution in [0.3, 0.4) is 0 Å². The SMILES string of the molecule is Cc1occc1SCc1cc(C(=O)O)ccc1F. The molecule has 1 heterocycles. The second-order valence-electron chi connectivity index (χ2n) is 3.74. The van der Waals surface area contributed by atoms with Crippen LogP contribution in [0.2, 0.25) is 0 Å². The van der Waals surface area contributed by atoms with Crippen molar-refractivity contribution < 1.29 is 18.7 Å².